The van der Waals surface area contributed by atoms with Crippen molar-refractivity contribution >= 4 is 23.2 Å². The van der Waals surface area contributed by atoms with E-state index in [0.717, 1.165) is 25.4 Å². The minimum atomic E-state index is 0.625. The topological polar surface area (TPSA) is 21.3 Å². The summed E-state index contributed by atoms with van der Waals surface area (Å²) in [7, 11) is 0. The Morgan fingerprint density at radius 2 is 2.00 bits per heavy atom. The van der Waals surface area contributed by atoms with Crippen molar-refractivity contribution in [2.45, 2.75) is 19.3 Å². The van der Waals surface area contributed by atoms with Crippen molar-refractivity contribution in [3.05, 3.63) is 28.2 Å². The van der Waals surface area contributed by atoms with Gasteiger partial charge in [0.25, 0.3) is 0 Å². The van der Waals surface area contributed by atoms with Crippen LogP contribution in [0.3, 0.4) is 0 Å². The summed E-state index contributed by atoms with van der Waals surface area (Å²) in [5, 5.41) is 4.64. The summed E-state index contributed by atoms with van der Waals surface area (Å²) in [5.74, 6) is 1.46. The molecule has 1 N–H and O–H groups in total. The molecule has 1 aliphatic heterocycles. The Morgan fingerprint density at radius 1 is 1.24 bits per heavy atom. The lowest BCUT2D eigenvalue weighted by molar-refractivity contribution is 0.252. The van der Waals surface area contributed by atoms with Crippen LogP contribution in [0.5, 0.6) is 5.75 Å². The Hall–Kier alpha value is -0.440. The molecule has 0 amide bonds. The standard InChI is InChI=1S/C13H17Cl2NO/c14-11-1-2-12(15)13(9-11)17-8-5-10-3-6-16-7-4-10/h1-2,9-10,16H,3-8H2. The van der Waals surface area contributed by atoms with Gasteiger partial charge in [0.2, 0.25) is 0 Å². The monoisotopic (exact) mass is 273 g/mol. The van der Waals surface area contributed by atoms with Crippen molar-refractivity contribution in [3.63, 3.8) is 0 Å². The number of rotatable bonds is 4. The van der Waals surface area contributed by atoms with Gasteiger partial charge in [-0.3, -0.25) is 0 Å². The molecule has 0 radical (unpaired) electrons. The zero-order valence-electron chi connectivity index (χ0n) is 9.72. The van der Waals surface area contributed by atoms with E-state index in [2.05, 4.69) is 5.32 Å². The fourth-order valence-corrected chi connectivity index (χ4v) is 2.43. The number of ether oxygens (including phenoxy) is 1. The average Bonchev–Trinajstić information content (AvgIpc) is 2.35. The van der Waals surface area contributed by atoms with Gasteiger partial charge in [0.15, 0.2) is 0 Å². The number of hydrogen-bond donors (Lipinski definition) is 1. The molecule has 1 aromatic rings. The van der Waals surface area contributed by atoms with Crippen LogP contribution in [0.4, 0.5) is 0 Å². The predicted molar refractivity (Wildman–Crippen MR) is 72.2 cm³/mol. The molecular weight excluding hydrogens is 257 g/mol. The minimum absolute atomic E-state index is 0.625. The van der Waals surface area contributed by atoms with E-state index >= 15 is 0 Å². The quantitative estimate of drug-likeness (QED) is 0.902. The van der Waals surface area contributed by atoms with E-state index in [0.29, 0.717) is 22.4 Å². The first-order valence-electron chi connectivity index (χ1n) is 6.04. The zero-order valence-corrected chi connectivity index (χ0v) is 11.2. The van der Waals surface area contributed by atoms with Gasteiger partial charge in [-0.05, 0) is 50.4 Å². The molecule has 0 unspecified atom stereocenters. The van der Waals surface area contributed by atoms with Gasteiger partial charge in [-0.15, -0.1) is 0 Å². The van der Waals surface area contributed by atoms with E-state index < -0.39 is 0 Å². The summed E-state index contributed by atoms with van der Waals surface area (Å²) in [6, 6.07) is 5.31. The lowest BCUT2D eigenvalue weighted by Gasteiger charge is -2.22. The normalized spacial score (nSPS) is 17.1. The molecule has 1 aliphatic rings. The molecular formula is C13H17Cl2NO. The third kappa shape index (κ3) is 4.06. The molecule has 1 heterocycles. The summed E-state index contributed by atoms with van der Waals surface area (Å²) in [5.41, 5.74) is 0. The first-order chi connectivity index (χ1) is 8.25. The fraction of sp³-hybridized carbons (Fsp3) is 0.538. The van der Waals surface area contributed by atoms with Gasteiger partial charge in [-0.25, -0.2) is 0 Å². The molecule has 0 spiro atoms. The van der Waals surface area contributed by atoms with Crippen LogP contribution in [-0.4, -0.2) is 19.7 Å². The third-order valence-corrected chi connectivity index (χ3v) is 3.68. The third-order valence-electron chi connectivity index (χ3n) is 3.14. The van der Waals surface area contributed by atoms with E-state index in [1.54, 1.807) is 18.2 Å². The molecule has 4 heteroatoms. The van der Waals surface area contributed by atoms with Crippen LogP contribution < -0.4 is 10.1 Å². The van der Waals surface area contributed by atoms with E-state index in [4.69, 9.17) is 27.9 Å². The van der Waals surface area contributed by atoms with Gasteiger partial charge < -0.3 is 10.1 Å². The second-order valence-corrected chi connectivity index (χ2v) is 5.25. The zero-order chi connectivity index (χ0) is 12.1. The van der Waals surface area contributed by atoms with Crippen molar-refractivity contribution in [2.24, 2.45) is 5.92 Å². The van der Waals surface area contributed by atoms with Crippen molar-refractivity contribution in [3.8, 4) is 5.75 Å². The van der Waals surface area contributed by atoms with E-state index in [1.807, 2.05) is 0 Å². The summed E-state index contributed by atoms with van der Waals surface area (Å²) in [6.07, 6.45) is 3.57. The Bertz CT molecular complexity index is 364. The molecule has 2 rings (SSSR count). The van der Waals surface area contributed by atoms with Crippen LogP contribution in [-0.2, 0) is 0 Å². The van der Waals surface area contributed by atoms with Crippen molar-refractivity contribution in [1.82, 2.24) is 5.32 Å². The number of halogens is 2. The molecule has 2 nitrogen and oxygen atoms in total. The van der Waals surface area contributed by atoms with Gasteiger partial charge in [-0.2, -0.15) is 0 Å². The molecule has 0 aliphatic carbocycles. The van der Waals surface area contributed by atoms with Crippen LogP contribution in [0.15, 0.2) is 18.2 Å². The molecule has 17 heavy (non-hydrogen) atoms. The molecule has 1 aromatic carbocycles. The lowest BCUT2D eigenvalue weighted by atomic mass is 9.95. The minimum Gasteiger partial charge on any atom is -0.492 e. The van der Waals surface area contributed by atoms with Crippen molar-refractivity contribution in [1.29, 1.82) is 0 Å². The second kappa shape index (κ2) is 6.48. The highest BCUT2D eigenvalue weighted by Gasteiger charge is 2.13. The van der Waals surface area contributed by atoms with Crippen LogP contribution in [0.2, 0.25) is 10.0 Å². The van der Waals surface area contributed by atoms with Gasteiger partial charge in [0.1, 0.15) is 5.75 Å². The lowest BCUT2D eigenvalue weighted by Crippen LogP contribution is -2.28. The van der Waals surface area contributed by atoms with Crippen LogP contribution in [0.25, 0.3) is 0 Å². The SMILES string of the molecule is Clc1ccc(Cl)c(OCCC2CCNCC2)c1. The number of benzene rings is 1. The maximum Gasteiger partial charge on any atom is 0.139 e. The smallest absolute Gasteiger partial charge is 0.139 e. The number of hydrogen-bond acceptors (Lipinski definition) is 2. The molecule has 0 aromatic heterocycles. The highest BCUT2D eigenvalue weighted by molar-refractivity contribution is 6.34. The van der Waals surface area contributed by atoms with Gasteiger partial charge in [0, 0.05) is 11.1 Å². The highest BCUT2D eigenvalue weighted by Crippen LogP contribution is 2.28. The van der Waals surface area contributed by atoms with E-state index in [9.17, 15) is 0 Å². The average molecular weight is 274 g/mol. The first kappa shape index (κ1) is 13.0. The second-order valence-electron chi connectivity index (χ2n) is 4.41. The van der Waals surface area contributed by atoms with E-state index in [1.165, 1.54) is 12.8 Å². The summed E-state index contributed by atoms with van der Waals surface area (Å²) in [6.45, 7) is 2.97. The maximum absolute atomic E-state index is 6.02. The maximum atomic E-state index is 6.02. The van der Waals surface area contributed by atoms with Crippen LogP contribution >= 0.6 is 23.2 Å². The first-order valence-corrected chi connectivity index (χ1v) is 6.80. The Morgan fingerprint density at radius 3 is 2.76 bits per heavy atom. The summed E-state index contributed by atoms with van der Waals surface area (Å²) >= 11 is 11.9. The molecule has 0 bridgehead atoms. The highest BCUT2D eigenvalue weighted by atomic mass is 35.5. The molecule has 0 saturated carbocycles. The number of nitrogens with one attached hydrogen (secondary N) is 1. The largest absolute Gasteiger partial charge is 0.492 e. The van der Waals surface area contributed by atoms with Crippen LogP contribution in [0, 0.1) is 5.92 Å². The van der Waals surface area contributed by atoms with Crippen LogP contribution in [0.1, 0.15) is 19.3 Å². The Labute approximate surface area is 112 Å². The summed E-state index contributed by atoms with van der Waals surface area (Å²) in [4.78, 5) is 0. The molecule has 1 fully saturated rings. The molecule has 0 atom stereocenters. The molecule has 94 valence electrons. The van der Waals surface area contributed by atoms with Gasteiger partial charge in [0.05, 0.1) is 11.6 Å². The Balaban J connectivity index is 1.79. The van der Waals surface area contributed by atoms with Gasteiger partial charge in [-0.1, -0.05) is 23.2 Å². The van der Waals surface area contributed by atoms with Gasteiger partial charge >= 0.3 is 0 Å². The fourth-order valence-electron chi connectivity index (χ4n) is 2.09. The summed E-state index contributed by atoms with van der Waals surface area (Å²) < 4.78 is 5.68. The Kier molecular flexibility index (Phi) is 4.96. The van der Waals surface area contributed by atoms with Crippen molar-refractivity contribution < 1.29 is 4.74 Å². The van der Waals surface area contributed by atoms with E-state index in [-0.39, 0.29) is 0 Å². The predicted octanol–water partition coefficient (Wildman–Crippen LogP) is 3.76. The number of piperidine rings is 1. The molecule has 1 saturated heterocycles. The van der Waals surface area contributed by atoms with Crippen molar-refractivity contribution in [2.75, 3.05) is 19.7 Å².